The first kappa shape index (κ1) is 14.9. The molecule has 22 heavy (non-hydrogen) atoms. The smallest absolute Gasteiger partial charge is 0.286 e. The highest BCUT2D eigenvalue weighted by molar-refractivity contribution is 8.15. The van der Waals surface area contributed by atoms with Crippen LogP contribution in [0.2, 0.25) is 5.02 Å². The van der Waals surface area contributed by atoms with E-state index in [0.29, 0.717) is 22.9 Å². The second-order valence-corrected chi connectivity index (χ2v) is 6.35. The fourth-order valence-corrected chi connectivity index (χ4v) is 3.21. The van der Waals surface area contributed by atoms with Crippen molar-refractivity contribution in [1.29, 1.82) is 0 Å². The van der Waals surface area contributed by atoms with E-state index in [-0.39, 0.29) is 11.1 Å². The molecule has 2 amide bonds. The van der Waals surface area contributed by atoms with Crippen molar-refractivity contribution in [2.24, 2.45) is 0 Å². The van der Waals surface area contributed by atoms with E-state index < -0.39 is 5.25 Å². The number of halogens is 1. The van der Waals surface area contributed by atoms with Crippen LogP contribution in [0, 0.1) is 0 Å². The van der Waals surface area contributed by atoms with Gasteiger partial charge in [-0.3, -0.25) is 14.9 Å². The molecule has 0 aromatic heterocycles. The van der Waals surface area contributed by atoms with Gasteiger partial charge in [-0.25, -0.2) is 0 Å². The maximum atomic E-state index is 11.6. The summed E-state index contributed by atoms with van der Waals surface area (Å²) in [7, 11) is 0. The number of hydrogen-bond donors (Lipinski definition) is 1. The Labute approximate surface area is 136 Å². The highest BCUT2D eigenvalue weighted by Gasteiger charge is 2.31. The SMILES string of the molecule is O=C1NC(=O)C(Cc2ccc(Oc3ccccc3)c(Cl)c2)S1. The highest BCUT2D eigenvalue weighted by atomic mass is 35.5. The Morgan fingerprint density at radius 3 is 2.55 bits per heavy atom. The first-order chi connectivity index (χ1) is 10.6. The molecule has 1 fully saturated rings. The highest BCUT2D eigenvalue weighted by Crippen LogP contribution is 2.31. The second kappa shape index (κ2) is 6.42. The van der Waals surface area contributed by atoms with E-state index in [1.807, 2.05) is 36.4 Å². The number of rotatable bonds is 4. The van der Waals surface area contributed by atoms with Crippen molar-refractivity contribution >= 4 is 34.5 Å². The first-order valence-electron chi connectivity index (χ1n) is 6.64. The van der Waals surface area contributed by atoms with Gasteiger partial charge in [0.25, 0.3) is 5.24 Å². The van der Waals surface area contributed by atoms with Crippen LogP contribution in [0.5, 0.6) is 11.5 Å². The number of nitrogens with one attached hydrogen (secondary N) is 1. The van der Waals surface area contributed by atoms with Gasteiger partial charge in [0.1, 0.15) is 11.5 Å². The van der Waals surface area contributed by atoms with E-state index >= 15 is 0 Å². The predicted octanol–water partition coefficient (Wildman–Crippen LogP) is 4.03. The fraction of sp³-hybridized carbons (Fsp3) is 0.125. The largest absolute Gasteiger partial charge is 0.456 e. The second-order valence-electron chi connectivity index (χ2n) is 4.77. The Bertz CT molecular complexity index is 721. The standard InChI is InChI=1S/C16H12ClNO3S/c17-12-8-10(9-14-15(19)18-16(20)22-14)6-7-13(12)21-11-4-2-1-3-5-11/h1-8,14H,9H2,(H,18,19,20). The summed E-state index contributed by atoms with van der Waals surface area (Å²) in [6, 6.07) is 14.7. The minimum atomic E-state index is -0.399. The Morgan fingerprint density at radius 2 is 1.91 bits per heavy atom. The van der Waals surface area contributed by atoms with Gasteiger partial charge in [0.05, 0.1) is 10.3 Å². The molecule has 6 heteroatoms. The van der Waals surface area contributed by atoms with Gasteiger partial charge in [-0.1, -0.05) is 47.6 Å². The van der Waals surface area contributed by atoms with Gasteiger partial charge in [-0.05, 0) is 36.2 Å². The van der Waals surface area contributed by atoms with Crippen LogP contribution in [0.4, 0.5) is 4.79 Å². The molecular weight excluding hydrogens is 322 g/mol. The number of hydrogen-bond acceptors (Lipinski definition) is 4. The van der Waals surface area contributed by atoms with E-state index in [0.717, 1.165) is 17.3 Å². The number of carbonyl (C=O) groups excluding carboxylic acids is 2. The van der Waals surface area contributed by atoms with Crippen LogP contribution < -0.4 is 10.1 Å². The molecule has 112 valence electrons. The maximum absolute atomic E-state index is 11.6. The van der Waals surface area contributed by atoms with E-state index in [2.05, 4.69) is 5.32 Å². The zero-order chi connectivity index (χ0) is 15.5. The molecule has 2 aromatic carbocycles. The molecule has 3 rings (SSSR count). The van der Waals surface area contributed by atoms with Crippen molar-refractivity contribution < 1.29 is 14.3 Å². The van der Waals surface area contributed by atoms with E-state index in [4.69, 9.17) is 16.3 Å². The lowest BCUT2D eigenvalue weighted by molar-refractivity contribution is -0.118. The molecule has 0 bridgehead atoms. The number of amides is 2. The lowest BCUT2D eigenvalue weighted by Crippen LogP contribution is -2.25. The average molecular weight is 334 g/mol. The molecule has 1 aliphatic rings. The van der Waals surface area contributed by atoms with Crippen LogP contribution in [0.1, 0.15) is 5.56 Å². The van der Waals surface area contributed by atoms with Crippen molar-refractivity contribution in [3.8, 4) is 11.5 Å². The summed E-state index contributed by atoms with van der Waals surface area (Å²) in [6.07, 6.45) is 0.452. The third-order valence-electron chi connectivity index (χ3n) is 3.16. The molecule has 1 atom stereocenters. The predicted molar refractivity (Wildman–Crippen MR) is 86.6 cm³/mol. The van der Waals surface area contributed by atoms with Crippen LogP contribution in [0.15, 0.2) is 48.5 Å². The third-order valence-corrected chi connectivity index (χ3v) is 4.43. The lowest BCUT2D eigenvalue weighted by Gasteiger charge is -2.10. The molecule has 0 saturated carbocycles. The van der Waals surface area contributed by atoms with Crippen molar-refractivity contribution in [2.45, 2.75) is 11.7 Å². The maximum Gasteiger partial charge on any atom is 0.286 e. The van der Waals surface area contributed by atoms with Crippen molar-refractivity contribution in [1.82, 2.24) is 5.32 Å². The zero-order valence-corrected chi connectivity index (χ0v) is 13.0. The van der Waals surface area contributed by atoms with E-state index in [1.165, 1.54) is 0 Å². The summed E-state index contributed by atoms with van der Waals surface area (Å²) >= 11 is 7.24. The number of benzene rings is 2. The summed E-state index contributed by atoms with van der Waals surface area (Å²) < 4.78 is 5.70. The van der Waals surface area contributed by atoms with Gasteiger partial charge in [0.2, 0.25) is 5.91 Å². The Balaban J connectivity index is 1.72. The van der Waals surface area contributed by atoms with Gasteiger partial charge in [-0.15, -0.1) is 0 Å². The van der Waals surface area contributed by atoms with Crippen molar-refractivity contribution in [3.63, 3.8) is 0 Å². The Hall–Kier alpha value is -1.98. The normalized spacial score (nSPS) is 17.4. The molecule has 1 heterocycles. The van der Waals surface area contributed by atoms with Crippen LogP contribution >= 0.6 is 23.4 Å². The van der Waals surface area contributed by atoms with Gasteiger partial charge < -0.3 is 4.74 Å². The molecule has 0 aliphatic carbocycles. The lowest BCUT2D eigenvalue weighted by atomic mass is 10.1. The van der Waals surface area contributed by atoms with Crippen LogP contribution in [0.25, 0.3) is 0 Å². The van der Waals surface area contributed by atoms with E-state index in [9.17, 15) is 9.59 Å². The fourth-order valence-electron chi connectivity index (χ4n) is 2.11. The number of thioether (sulfide) groups is 1. The molecule has 2 aromatic rings. The van der Waals surface area contributed by atoms with Gasteiger partial charge in [0.15, 0.2) is 0 Å². The molecule has 0 spiro atoms. The number of imide groups is 1. The Kier molecular flexibility index (Phi) is 4.36. The monoisotopic (exact) mass is 333 g/mol. The minimum Gasteiger partial charge on any atom is -0.456 e. The topological polar surface area (TPSA) is 55.4 Å². The first-order valence-corrected chi connectivity index (χ1v) is 7.90. The molecule has 1 saturated heterocycles. The molecule has 1 N–H and O–H groups in total. The zero-order valence-electron chi connectivity index (χ0n) is 11.4. The van der Waals surface area contributed by atoms with Gasteiger partial charge in [0, 0.05) is 0 Å². The molecular formula is C16H12ClNO3S. The van der Waals surface area contributed by atoms with Gasteiger partial charge >= 0.3 is 0 Å². The van der Waals surface area contributed by atoms with Crippen LogP contribution in [-0.4, -0.2) is 16.4 Å². The summed E-state index contributed by atoms with van der Waals surface area (Å²) in [6.45, 7) is 0. The van der Waals surface area contributed by atoms with Gasteiger partial charge in [-0.2, -0.15) is 0 Å². The summed E-state index contributed by atoms with van der Waals surface area (Å²) in [5, 5.41) is 2.04. The van der Waals surface area contributed by atoms with Crippen molar-refractivity contribution in [2.75, 3.05) is 0 Å². The van der Waals surface area contributed by atoms with Crippen LogP contribution in [0.3, 0.4) is 0 Å². The molecule has 1 unspecified atom stereocenters. The Morgan fingerprint density at radius 1 is 1.14 bits per heavy atom. The minimum absolute atomic E-state index is 0.254. The number of ether oxygens (including phenoxy) is 1. The molecule has 4 nitrogen and oxygen atoms in total. The molecule has 1 aliphatic heterocycles. The third kappa shape index (κ3) is 3.43. The van der Waals surface area contributed by atoms with Crippen molar-refractivity contribution in [3.05, 3.63) is 59.1 Å². The summed E-state index contributed by atoms with van der Waals surface area (Å²) in [5.74, 6) is 1.00. The quantitative estimate of drug-likeness (QED) is 0.918. The van der Waals surface area contributed by atoms with Crippen LogP contribution in [-0.2, 0) is 11.2 Å². The molecule has 0 radical (unpaired) electrons. The number of para-hydroxylation sites is 1. The summed E-state index contributed by atoms with van der Waals surface area (Å²) in [5.41, 5.74) is 0.882. The number of carbonyl (C=O) groups is 2. The van der Waals surface area contributed by atoms with E-state index in [1.54, 1.807) is 12.1 Å². The average Bonchev–Trinajstić information content (AvgIpc) is 2.81. The summed E-state index contributed by atoms with van der Waals surface area (Å²) in [4.78, 5) is 22.7.